The van der Waals surface area contributed by atoms with Crippen molar-refractivity contribution in [2.45, 2.75) is 33.4 Å². The van der Waals surface area contributed by atoms with E-state index in [9.17, 15) is 0 Å². The first-order chi connectivity index (χ1) is 14.9. The minimum atomic E-state index is 0.189. The number of rotatable bonds is 12. The van der Waals surface area contributed by atoms with Gasteiger partial charge in [0.1, 0.15) is 12.4 Å². The number of aromatic nitrogens is 2. The van der Waals surface area contributed by atoms with Crippen LogP contribution in [-0.4, -0.2) is 67.6 Å². The number of benzene rings is 1. The van der Waals surface area contributed by atoms with Crippen LogP contribution in [0.5, 0.6) is 5.75 Å². The molecule has 0 fully saturated rings. The maximum absolute atomic E-state index is 5.95. The molecule has 8 heteroatoms. The lowest BCUT2D eigenvalue weighted by atomic mass is 10.1. The molecule has 1 aromatic heterocycles. The van der Waals surface area contributed by atoms with Crippen LogP contribution in [0.15, 0.2) is 35.6 Å². The van der Waals surface area contributed by atoms with Gasteiger partial charge in [-0.3, -0.25) is 4.68 Å². The summed E-state index contributed by atoms with van der Waals surface area (Å²) in [6.45, 7) is 9.95. The average Bonchev–Trinajstić information content (AvgIpc) is 3.16. The summed E-state index contributed by atoms with van der Waals surface area (Å²) in [5.74, 6) is 1.64. The predicted molar refractivity (Wildman–Crippen MR) is 126 cm³/mol. The fourth-order valence-corrected chi connectivity index (χ4v) is 3.19. The van der Waals surface area contributed by atoms with Crippen LogP contribution in [0.2, 0.25) is 0 Å². The predicted octanol–water partition coefficient (Wildman–Crippen LogP) is 2.50. The number of guanidine groups is 1. The third-order valence-electron chi connectivity index (χ3n) is 4.86. The molecule has 0 saturated heterocycles. The second kappa shape index (κ2) is 13.0. The summed E-state index contributed by atoms with van der Waals surface area (Å²) in [5, 5.41) is 11.1. The molecule has 0 saturated carbocycles. The molecular formula is C23H38N6O2. The Kier molecular flexibility index (Phi) is 10.3. The highest BCUT2D eigenvalue weighted by atomic mass is 16.5. The third kappa shape index (κ3) is 8.22. The normalized spacial score (nSPS) is 12.8. The quantitative estimate of drug-likeness (QED) is 0.306. The topological polar surface area (TPSA) is 75.9 Å². The molecule has 0 radical (unpaired) electrons. The Morgan fingerprint density at radius 2 is 2.03 bits per heavy atom. The van der Waals surface area contributed by atoms with Gasteiger partial charge in [0.05, 0.1) is 25.4 Å². The van der Waals surface area contributed by atoms with E-state index in [1.807, 2.05) is 24.9 Å². The second-order valence-corrected chi connectivity index (χ2v) is 7.66. The van der Waals surface area contributed by atoms with Gasteiger partial charge < -0.3 is 25.0 Å². The highest BCUT2D eigenvalue weighted by Crippen LogP contribution is 2.21. The van der Waals surface area contributed by atoms with Gasteiger partial charge in [-0.2, -0.15) is 5.10 Å². The Hall–Kier alpha value is -2.58. The number of aryl methyl sites for hydroxylation is 2. The van der Waals surface area contributed by atoms with Gasteiger partial charge in [0.2, 0.25) is 0 Å². The molecule has 1 atom stereocenters. The van der Waals surface area contributed by atoms with E-state index in [2.05, 4.69) is 73.0 Å². The van der Waals surface area contributed by atoms with Crippen LogP contribution >= 0.6 is 0 Å². The number of likely N-dealkylation sites (N-methyl/N-ethyl adjacent to an activating group) is 1. The molecule has 172 valence electrons. The van der Waals surface area contributed by atoms with Crippen molar-refractivity contribution in [3.05, 3.63) is 47.3 Å². The SMILES string of the molecule is CCNC(=NCc1ccc(C)cc1OCCOCC)NCC(c1cnn(C)c1)N(C)C. The fourth-order valence-electron chi connectivity index (χ4n) is 3.19. The summed E-state index contributed by atoms with van der Waals surface area (Å²) in [6, 6.07) is 6.41. The minimum Gasteiger partial charge on any atom is -0.491 e. The Labute approximate surface area is 186 Å². The standard InChI is InChI=1S/C23H38N6O2/c1-7-24-23(26-16-21(28(4)5)20-15-27-29(6)17-20)25-14-19-10-9-18(3)13-22(19)31-12-11-30-8-2/h9-10,13,15,17,21H,7-8,11-12,14,16H2,1-6H3,(H2,24,25,26). The van der Waals surface area contributed by atoms with E-state index in [1.165, 1.54) is 5.56 Å². The number of hydrogen-bond acceptors (Lipinski definition) is 5. The number of nitrogens with one attached hydrogen (secondary N) is 2. The molecule has 1 heterocycles. The highest BCUT2D eigenvalue weighted by Gasteiger charge is 2.16. The Morgan fingerprint density at radius 1 is 1.23 bits per heavy atom. The van der Waals surface area contributed by atoms with Crippen LogP contribution < -0.4 is 15.4 Å². The Bertz CT molecular complexity index is 818. The first-order valence-electron chi connectivity index (χ1n) is 10.9. The van der Waals surface area contributed by atoms with E-state index in [-0.39, 0.29) is 6.04 Å². The molecule has 2 aromatic rings. The van der Waals surface area contributed by atoms with Crippen molar-refractivity contribution < 1.29 is 9.47 Å². The van der Waals surface area contributed by atoms with Crippen LogP contribution in [-0.2, 0) is 18.3 Å². The van der Waals surface area contributed by atoms with Gasteiger partial charge in [-0.1, -0.05) is 12.1 Å². The lowest BCUT2D eigenvalue weighted by Crippen LogP contribution is -2.41. The molecule has 0 bridgehead atoms. The number of hydrogen-bond donors (Lipinski definition) is 2. The zero-order valence-electron chi connectivity index (χ0n) is 19.8. The maximum Gasteiger partial charge on any atom is 0.191 e. The van der Waals surface area contributed by atoms with Crippen LogP contribution in [0.25, 0.3) is 0 Å². The first-order valence-corrected chi connectivity index (χ1v) is 10.9. The van der Waals surface area contributed by atoms with Gasteiger partial charge in [-0.05, 0) is 46.5 Å². The summed E-state index contributed by atoms with van der Waals surface area (Å²) in [7, 11) is 6.08. The molecule has 2 rings (SSSR count). The number of aliphatic imine (C=N–C) groups is 1. The van der Waals surface area contributed by atoms with Crippen molar-refractivity contribution in [2.75, 3.05) is 47.0 Å². The molecule has 1 unspecified atom stereocenters. The maximum atomic E-state index is 5.95. The number of ether oxygens (including phenoxy) is 2. The average molecular weight is 431 g/mol. The molecule has 1 aromatic carbocycles. The molecule has 8 nitrogen and oxygen atoms in total. The largest absolute Gasteiger partial charge is 0.491 e. The van der Waals surface area contributed by atoms with E-state index < -0.39 is 0 Å². The van der Waals surface area contributed by atoms with Crippen molar-refractivity contribution in [1.82, 2.24) is 25.3 Å². The molecular weight excluding hydrogens is 392 g/mol. The molecule has 0 aliphatic rings. The van der Waals surface area contributed by atoms with Gasteiger partial charge >= 0.3 is 0 Å². The van der Waals surface area contributed by atoms with Crippen LogP contribution in [0.3, 0.4) is 0 Å². The van der Waals surface area contributed by atoms with Crippen molar-refractivity contribution in [1.29, 1.82) is 0 Å². The van der Waals surface area contributed by atoms with Gasteiger partial charge in [-0.25, -0.2) is 4.99 Å². The van der Waals surface area contributed by atoms with E-state index >= 15 is 0 Å². The summed E-state index contributed by atoms with van der Waals surface area (Å²) in [4.78, 5) is 6.97. The van der Waals surface area contributed by atoms with E-state index in [4.69, 9.17) is 14.5 Å². The Balaban J connectivity index is 2.06. The third-order valence-corrected chi connectivity index (χ3v) is 4.86. The molecule has 0 aliphatic heterocycles. The molecule has 0 aliphatic carbocycles. The smallest absolute Gasteiger partial charge is 0.191 e. The van der Waals surface area contributed by atoms with E-state index in [1.54, 1.807) is 0 Å². The number of nitrogens with zero attached hydrogens (tertiary/aromatic N) is 4. The van der Waals surface area contributed by atoms with Crippen molar-refractivity contribution in [3.8, 4) is 5.75 Å². The van der Waals surface area contributed by atoms with Crippen molar-refractivity contribution >= 4 is 5.96 Å². The van der Waals surface area contributed by atoms with Crippen molar-refractivity contribution in [2.24, 2.45) is 12.0 Å². The van der Waals surface area contributed by atoms with Gasteiger partial charge in [0.15, 0.2) is 5.96 Å². The lowest BCUT2D eigenvalue weighted by molar-refractivity contribution is 0.110. The molecule has 2 N–H and O–H groups in total. The molecule has 0 spiro atoms. The zero-order valence-corrected chi connectivity index (χ0v) is 19.8. The fraction of sp³-hybridized carbons (Fsp3) is 0.565. The summed E-state index contributed by atoms with van der Waals surface area (Å²) in [6.07, 6.45) is 3.96. The summed E-state index contributed by atoms with van der Waals surface area (Å²) in [5.41, 5.74) is 3.38. The van der Waals surface area contributed by atoms with E-state index in [0.717, 1.165) is 35.9 Å². The first kappa shape index (κ1) is 24.7. The van der Waals surface area contributed by atoms with Crippen LogP contribution in [0.1, 0.15) is 36.6 Å². The monoisotopic (exact) mass is 430 g/mol. The van der Waals surface area contributed by atoms with Crippen LogP contribution in [0.4, 0.5) is 0 Å². The zero-order chi connectivity index (χ0) is 22.6. The Morgan fingerprint density at radius 3 is 2.68 bits per heavy atom. The highest BCUT2D eigenvalue weighted by molar-refractivity contribution is 5.79. The summed E-state index contributed by atoms with van der Waals surface area (Å²) >= 11 is 0. The minimum absolute atomic E-state index is 0.189. The van der Waals surface area contributed by atoms with E-state index in [0.29, 0.717) is 26.4 Å². The summed E-state index contributed by atoms with van der Waals surface area (Å²) < 4.78 is 13.2. The van der Waals surface area contributed by atoms with Gasteiger partial charge in [0.25, 0.3) is 0 Å². The second-order valence-electron chi connectivity index (χ2n) is 7.66. The molecule has 0 amide bonds. The molecule has 31 heavy (non-hydrogen) atoms. The van der Waals surface area contributed by atoms with Gasteiger partial charge in [-0.15, -0.1) is 0 Å². The van der Waals surface area contributed by atoms with Crippen molar-refractivity contribution in [3.63, 3.8) is 0 Å². The lowest BCUT2D eigenvalue weighted by Gasteiger charge is -2.24. The van der Waals surface area contributed by atoms with Gasteiger partial charge in [0, 0.05) is 44.1 Å². The van der Waals surface area contributed by atoms with Crippen LogP contribution in [0, 0.1) is 6.92 Å².